The summed E-state index contributed by atoms with van der Waals surface area (Å²) in [6.45, 7) is -0.525. The second kappa shape index (κ2) is 5.18. The molecule has 1 fully saturated rings. The van der Waals surface area contributed by atoms with Crippen molar-refractivity contribution < 1.29 is 63.4 Å². The molecule has 13 heavy (non-hydrogen) atoms. The topological polar surface area (TPSA) is 119 Å². The summed E-state index contributed by atoms with van der Waals surface area (Å²) >= 11 is 0. The van der Waals surface area contributed by atoms with Gasteiger partial charge in [-0.1, -0.05) is 0 Å². The minimum atomic E-state index is -4.46. The van der Waals surface area contributed by atoms with Crippen LogP contribution in [0.25, 0.3) is 0 Å². The van der Waals surface area contributed by atoms with Crippen molar-refractivity contribution in [3.05, 3.63) is 0 Å². The largest absolute Gasteiger partial charge is 1.00 e. The second-order valence-electron chi connectivity index (χ2n) is 2.29. The first-order valence-corrected chi connectivity index (χ1v) is 4.56. The Balaban J connectivity index is 0.00000144. The molecule has 1 aliphatic rings. The zero-order valence-electron chi connectivity index (χ0n) is 6.86. The molecule has 0 aromatic carbocycles. The van der Waals surface area contributed by atoms with Crippen LogP contribution in [0.5, 0.6) is 0 Å². The van der Waals surface area contributed by atoms with Gasteiger partial charge in [-0.2, -0.15) is 0 Å². The van der Waals surface area contributed by atoms with Crippen molar-refractivity contribution in [3.63, 3.8) is 0 Å². The molecular weight excluding hydrogens is 214 g/mol. The Kier molecular flexibility index (Phi) is 5.57. The number of phosphoric ester groups is 1. The molecule has 1 saturated heterocycles. The third-order valence-corrected chi connectivity index (χ3v) is 2.29. The molecule has 9 heteroatoms. The van der Waals surface area contributed by atoms with Gasteiger partial charge in [0.05, 0.1) is 6.61 Å². The second-order valence-corrected chi connectivity index (χ2v) is 3.66. The molecular formula is C4H8NaO7P. The van der Waals surface area contributed by atoms with Gasteiger partial charge in [0.2, 0.25) is 0 Å². The average Bonchev–Trinajstić information content (AvgIpc) is 1.94. The van der Waals surface area contributed by atoms with E-state index >= 15 is 0 Å². The molecule has 1 heterocycles. The van der Waals surface area contributed by atoms with Crippen molar-refractivity contribution in [3.8, 4) is 0 Å². The van der Waals surface area contributed by atoms with E-state index in [0.29, 0.717) is 0 Å². The Morgan fingerprint density at radius 1 is 1.54 bits per heavy atom. The summed E-state index contributed by atoms with van der Waals surface area (Å²) in [5.41, 5.74) is 0. The smallest absolute Gasteiger partial charge is 0.756 e. The summed E-state index contributed by atoms with van der Waals surface area (Å²) in [6, 6.07) is 0. The normalized spacial score (nSPS) is 40.1. The molecule has 72 valence electrons. The van der Waals surface area contributed by atoms with E-state index in [1.165, 1.54) is 0 Å². The van der Waals surface area contributed by atoms with E-state index in [1.54, 1.807) is 0 Å². The van der Waals surface area contributed by atoms with Crippen molar-refractivity contribution in [2.75, 3.05) is 6.61 Å². The van der Waals surface area contributed by atoms with E-state index in [1.807, 2.05) is 0 Å². The Hall–Kier alpha value is 0.990. The van der Waals surface area contributed by atoms with E-state index < -0.39 is 32.9 Å². The molecule has 3 atom stereocenters. The van der Waals surface area contributed by atoms with Gasteiger partial charge in [-0.15, -0.1) is 0 Å². The summed E-state index contributed by atoms with van der Waals surface area (Å²) in [7, 11) is -4.46. The quantitative estimate of drug-likeness (QED) is 0.230. The van der Waals surface area contributed by atoms with E-state index in [0.717, 1.165) is 0 Å². The van der Waals surface area contributed by atoms with Crippen LogP contribution in [-0.4, -0.2) is 40.4 Å². The van der Waals surface area contributed by atoms with Gasteiger partial charge in [0.15, 0.2) is 6.29 Å². The molecule has 0 saturated carbocycles. The van der Waals surface area contributed by atoms with Gasteiger partial charge in [0.1, 0.15) is 12.2 Å². The van der Waals surface area contributed by atoms with E-state index in [-0.39, 0.29) is 29.6 Å². The zero-order valence-corrected chi connectivity index (χ0v) is 9.76. The van der Waals surface area contributed by atoms with Crippen LogP contribution in [-0.2, 0) is 13.6 Å². The molecule has 7 nitrogen and oxygen atoms in total. The van der Waals surface area contributed by atoms with Crippen LogP contribution in [0.3, 0.4) is 0 Å². The molecule has 0 aromatic heterocycles. The maximum atomic E-state index is 10.6. The van der Waals surface area contributed by atoms with Crippen molar-refractivity contribution in [2.45, 2.75) is 18.5 Å². The van der Waals surface area contributed by atoms with Crippen molar-refractivity contribution >= 4 is 7.82 Å². The summed E-state index contributed by atoms with van der Waals surface area (Å²) in [5.74, 6) is 0. The maximum absolute atomic E-state index is 10.6. The number of rotatable bonds is 1. The van der Waals surface area contributed by atoms with Crippen LogP contribution >= 0.6 is 7.82 Å². The van der Waals surface area contributed by atoms with Crippen LogP contribution in [0.15, 0.2) is 0 Å². The van der Waals surface area contributed by atoms with Crippen molar-refractivity contribution in [1.29, 1.82) is 0 Å². The zero-order chi connectivity index (χ0) is 9.35. The number of aliphatic hydroxyl groups excluding tert-OH is 2. The van der Waals surface area contributed by atoms with Gasteiger partial charge >= 0.3 is 29.6 Å². The molecule has 1 aliphatic heterocycles. The molecule has 1 unspecified atom stereocenters. The minimum Gasteiger partial charge on any atom is -0.756 e. The minimum absolute atomic E-state index is 0. The summed E-state index contributed by atoms with van der Waals surface area (Å²) in [5, 5.41) is 26.0. The van der Waals surface area contributed by atoms with Gasteiger partial charge in [-0.25, -0.2) is 0 Å². The van der Waals surface area contributed by atoms with Crippen LogP contribution in [0.4, 0.5) is 0 Å². The number of hydrogen-bond acceptors (Lipinski definition) is 7. The first kappa shape index (κ1) is 14.0. The third-order valence-electron chi connectivity index (χ3n) is 1.33. The molecule has 0 aromatic rings. The van der Waals surface area contributed by atoms with Gasteiger partial charge in [0.25, 0.3) is 7.82 Å². The van der Waals surface area contributed by atoms with E-state index in [2.05, 4.69) is 9.05 Å². The van der Waals surface area contributed by atoms with E-state index in [9.17, 15) is 9.46 Å². The molecule has 0 spiro atoms. The predicted molar refractivity (Wildman–Crippen MR) is 32.7 cm³/mol. The fourth-order valence-corrected chi connectivity index (χ4v) is 1.71. The monoisotopic (exact) mass is 222 g/mol. The Morgan fingerprint density at radius 3 is 2.46 bits per heavy atom. The van der Waals surface area contributed by atoms with Gasteiger partial charge in [0, 0.05) is 0 Å². The SMILES string of the molecule is O=P1([O-])OC[C@@H](O)[C@@H](C(O)O)O1.[Na+]. The first-order chi connectivity index (χ1) is 5.42. The molecule has 0 aliphatic carbocycles. The Morgan fingerprint density at radius 2 is 2.08 bits per heavy atom. The third kappa shape index (κ3) is 3.93. The van der Waals surface area contributed by atoms with Crippen LogP contribution in [0.2, 0.25) is 0 Å². The number of phosphoric acid groups is 1. The predicted octanol–water partition coefficient (Wildman–Crippen LogP) is -5.45. The fourth-order valence-electron chi connectivity index (χ4n) is 0.765. The summed E-state index contributed by atoms with van der Waals surface area (Å²) in [4.78, 5) is 10.6. The number of hydrogen-bond donors (Lipinski definition) is 3. The van der Waals surface area contributed by atoms with Crippen molar-refractivity contribution in [2.24, 2.45) is 0 Å². The molecule has 0 bridgehead atoms. The van der Waals surface area contributed by atoms with Gasteiger partial charge < -0.3 is 29.3 Å². The van der Waals surface area contributed by atoms with Crippen LogP contribution in [0, 0.1) is 0 Å². The molecule has 0 radical (unpaired) electrons. The van der Waals surface area contributed by atoms with Gasteiger partial charge in [-0.05, 0) is 0 Å². The Bertz CT molecular complexity index is 209. The maximum Gasteiger partial charge on any atom is 1.00 e. The van der Waals surface area contributed by atoms with Crippen LogP contribution < -0.4 is 34.5 Å². The van der Waals surface area contributed by atoms with Crippen LogP contribution in [0.1, 0.15) is 0 Å². The molecule has 3 N–H and O–H groups in total. The molecule has 0 amide bonds. The summed E-state index contributed by atoms with van der Waals surface area (Å²) < 4.78 is 18.7. The number of aliphatic hydroxyl groups is 3. The van der Waals surface area contributed by atoms with E-state index in [4.69, 9.17) is 15.3 Å². The Labute approximate surface area is 96.2 Å². The summed E-state index contributed by atoms with van der Waals surface area (Å²) in [6.07, 6.45) is -4.98. The average molecular weight is 222 g/mol. The first-order valence-electron chi connectivity index (χ1n) is 3.10. The fraction of sp³-hybridized carbons (Fsp3) is 1.00. The standard InChI is InChI=1S/C4H9O7P.Na/c5-2-1-10-12(8,9)11-3(2)4(6)7;/h2-7H,1H2,(H,8,9);/q;+1/p-1/t2-,3+;/m1./s1. The van der Waals surface area contributed by atoms with Crippen molar-refractivity contribution in [1.82, 2.24) is 0 Å². The van der Waals surface area contributed by atoms with Gasteiger partial charge in [-0.3, -0.25) is 4.57 Å². The molecule has 1 rings (SSSR count).